The van der Waals surface area contributed by atoms with Crippen LogP contribution in [-0.4, -0.2) is 20.9 Å². The van der Waals surface area contributed by atoms with Crippen molar-refractivity contribution in [2.45, 2.75) is 44.0 Å². The van der Waals surface area contributed by atoms with Crippen LogP contribution in [0, 0.1) is 0 Å². The number of hydrogen-bond donors (Lipinski definition) is 0. The minimum atomic E-state index is 0.110. The van der Waals surface area contributed by atoms with Gasteiger partial charge in [-0.1, -0.05) is 0 Å². The molecule has 0 aromatic carbocycles. The normalized spacial score (nSPS) is 12.1. The number of unbranched alkanes of at least 4 members (excludes halogenated alkanes) is 1. The fourth-order valence-corrected chi connectivity index (χ4v) is 3.77. The summed E-state index contributed by atoms with van der Waals surface area (Å²) >= 11 is 6.06. The molecular formula is C9H17ClTe. The summed E-state index contributed by atoms with van der Waals surface area (Å²) in [4.78, 5) is 0. The van der Waals surface area contributed by atoms with Gasteiger partial charge in [0, 0.05) is 0 Å². The van der Waals surface area contributed by atoms with Crippen molar-refractivity contribution in [1.29, 1.82) is 0 Å². The molecule has 0 aliphatic rings. The molecule has 0 nitrogen and oxygen atoms in total. The van der Waals surface area contributed by atoms with Gasteiger partial charge >= 0.3 is 85.7 Å². The van der Waals surface area contributed by atoms with Crippen molar-refractivity contribution in [3.63, 3.8) is 0 Å². The predicted octanol–water partition coefficient (Wildman–Crippen LogP) is 3.79. The SMILES string of the molecule is CCCC[Te]/C=C(\Cl)CCC. The van der Waals surface area contributed by atoms with E-state index in [-0.39, 0.29) is 20.9 Å². The summed E-state index contributed by atoms with van der Waals surface area (Å²) in [5.74, 6) is 0. The molecule has 0 heterocycles. The second-order valence-corrected chi connectivity index (χ2v) is 5.81. The van der Waals surface area contributed by atoms with E-state index in [1.165, 1.54) is 23.7 Å². The van der Waals surface area contributed by atoms with Gasteiger partial charge in [0.05, 0.1) is 0 Å². The molecule has 0 unspecified atom stereocenters. The van der Waals surface area contributed by atoms with E-state index >= 15 is 0 Å². The molecule has 0 aromatic rings. The van der Waals surface area contributed by atoms with Crippen LogP contribution in [0.1, 0.15) is 39.5 Å². The number of allylic oxidation sites excluding steroid dienone is 1. The Bertz CT molecular complexity index is 110. The molecule has 2 heteroatoms. The van der Waals surface area contributed by atoms with Crippen molar-refractivity contribution in [3.05, 3.63) is 9.16 Å². The molecule has 0 N–H and O–H groups in total. The van der Waals surface area contributed by atoms with Gasteiger partial charge in [0.25, 0.3) is 0 Å². The predicted molar refractivity (Wildman–Crippen MR) is 54.3 cm³/mol. The number of hydrogen-bond acceptors (Lipinski definition) is 0. The van der Waals surface area contributed by atoms with Crippen molar-refractivity contribution < 1.29 is 0 Å². The van der Waals surface area contributed by atoms with Gasteiger partial charge in [0.15, 0.2) is 0 Å². The van der Waals surface area contributed by atoms with Crippen molar-refractivity contribution in [3.8, 4) is 0 Å². The van der Waals surface area contributed by atoms with Crippen LogP contribution in [-0.2, 0) is 0 Å². The van der Waals surface area contributed by atoms with Gasteiger partial charge in [-0.2, -0.15) is 0 Å². The Morgan fingerprint density at radius 3 is 2.64 bits per heavy atom. The van der Waals surface area contributed by atoms with Crippen LogP contribution in [0.25, 0.3) is 0 Å². The first-order valence-electron chi connectivity index (χ1n) is 4.27. The molecule has 0 aliphatic heterocycles. The maximum atomic E-state index is 5.95. The molecule has 0 fully saturated rings. The standard InChI is InChI=1S/C9H17ClTe/c1-3-5-7-11-8-9(10)6-4-2/h8H,3-7H2,1-2H3/b9-8-. The van der Waals surface area contributed by atoms with E-state index in [0.29, 0.717) is 0 Å². The molecule has 0 saturated heterocycles. The van der Waals surface area contributed by atoms with Gasteiger partial charge in [0.1, 0.15) is 0 Å². The zero-order chi connectivity index (χ0) is 8.53. The Morgan fingerprint density at radius 2 is 2.09 bits per heavy atom. The van der Waals surface area contributed by atoms with Gasteiger partial charge in [-0.25, -0.2) is 0 Å². The summed E-state index contributed by atoms with van der Waals surface area (Å²) in [6, 6.07) is 0. The molecule has 0 spiro atoms. The van der Waals surface area contributed by atoms with E-state index in [9.17, 15) is 0 Å². The summed E-state index contributed by atoms with van der Waals surface area (Å²) in [5.41, 5.74) is 0. The van der Waals surface area contributed by atoms with Crippen LogP contribution in [0.2, 0.25) is 4.47 Å². The van der Waals surface area contributed by atoms with Crippen LogP contribution < -0.4 is 0 Å². The van der Waals surface area contributed by atoms with Crippen LogP contribution >= 0.6 is 11.6 Å². The van der Waals surface area contributed by atoms with Gasteiger partial charge in [-0.15, -0.1) is 0 Å². The summed E-state index contributed by atoms with van der Waals surface area (Å²) in [5, 5.41) is 1.10. The monoisotopic (exact) mass is 290 g/mol. The Labute approximate surface area is 85.5 Å². The van der Waals surface area contributed by atoms with Crippen LogP contribution in [0.5, 0.6) is 0 Å². The summed E-state index contributed by atoms with van der Waals surface area (Å²) in [6.07, 6.45) is 4.97. The fraction of sp³-hybridized carbons (Fsp3) is 0.778. The summed E-state index contributed by atoms with van der Waals surface area (Å²) < 4.78 is 3.72. The van der Waals surface area contributed by atoms with Crippen molar-refractivity contribution in [1.82, 2.24) is 0 Å². The molecule has 0 aliphatic carbocycles. The molecule has 11 heavy (non-hydrogen) atoms. The topological polar surface area (TPSA) is 0 Å². The van der Waals surface area contributed by atoms with E-state index in [0.717, 1.165) is 11.5 Å². The van der Waals surface area contributed by atoms with Gasteiger partial charge in [0.2, 0.25) is 0 Å². The maximum absolute atomic E-state index is 5.95. The third-order valence-corrected chi connectivity index (χ3v) is 4.80. The molecule has 0 rings (SSSR count). The molecule has 0 bridgehead atoms. The first-order chi connectivity index (χ1) is 5.31. The molecule has 66 valence electrons. The molecular weight excluding hydrogens is 271 g/mol. The van der Waals surface area contributed by atoms with Gasteiger partial charge < -0.3 is 0 Å². The minimum absolute atomic E-state index is 0.110. The first-order valence-corrected chi connectivity index (χ1v) is 7.64. The number of rotatable bonds is 6. The van der Waals surface area contributed by atoms with Crippen LogP contribution in [0.3, 0.4) is 0 Å². The zero-order valence-corrected chi connectivity index (χ0v) is 10.5. The average molecular weight is 288 g/mol. The Balaban J connectivity index is 3.24. The van der Waals surface area contributed by atoms with Crippen molar-refractivity contribution in [2.24, 2.45) is 0 Å². The average Bonchev–Trinajstić information content (AvgIpc) is 1.99. The first kappa shape index (κ1) is 11.8. The Kier molecular flexibility index (Phi) is 9.58. The third kappa shape index (κ3) is 8.73. The zero-order valence-electron chi connectivity index (χ0n) is 7.40. The third-order valence-electron chi connectivity index (χ3n) is 1.32. The molecule has 0 aromatic heterocycles. The summed E-state index contributed by atoms with van der Waals surface area (Å²) in [7, 11) is 0. The molecule has 0 atom stereocenters. The fourth-order valence-electron chi connectivity index (χ4n) is 0.675. The second-order valence-electron chi connectivity index (χ2n) is 2.54. The molecule has 0 saturated carbocycles. The van der Waals surface area contributed by atoms with E-state index < -0.39 is 0 Å². The quantitative estimate of drug-likeness (QED) is 0.515. The van der Waals surface area contributed by atoms with Crippen LogP contribution in [0.4, 0.5) is 0 Å². The van der Waals surface area contributed by atoms with Gasteiger partial charge in [-0.05, 0) is 0 Å². The second kappa shape index (κ2) is 8.91. The summed E-state index contributed by atoms with van der Waals surface area (Å²) in [6.45, 7) is 4.41. The van der Waals surface area contributed by atoms with E-state index in [2.05, 4.69) is 18.0 Å². The van der Waals surface area contributed by atoms with Crippen molar-refractivity contribution >= 4 is 32.5 Å². The number of halogens is 1. The Morgan fingerprint density at radius 1 is 1.36 bits per heavy atom. The van der Waals surface area contributed by atoms with Crippen molar-refractivity contribution in [2.75, 3.05) is 0 Å². The molecule has 0 amide bonds. The van der Waals surface area contributed by atoms with E-state index in [1.807, 2.05) is 0 Å². The van der Waals surface area contributed by atoms with Crippen LogP contribution in [0.15, 0.2) is 9.16 Å². The van der Waals surface area contributed by atoms with Gasteiger partial charge in [-0.3, -0.25) is 0 Å². The molecule has 0 radical (unpaired) electrons. The van der Waals surface area contributed by atoms with E-state index in [1.54, 1.807) is 0 Å². The Hall–Kier alpha value is 0.820. The van der Waals surface area contributed by atoms with E-state index in [4.69, 9.17) is 11.6 Å².